The summed E-state index contributed by atoms with van der Waals surface area (Å²) in [5.74, 6) is -0.649. The minimum atomic E-state index is -0.566. The van der Waals surface area contributed by atoms with E-state index < -0.39 is 11.7 Å². The van der Waals surface area contributed by atoms with Crippen molar-refractivity contribution < 1.29 is 13.9 Å². The summed E-state index contributed by atoms with van der Waals surface area (Å²) in [7, 11) is 0. The number of halogens is 1. The van der Waals surface area contributed by atoms with Crippen LogP contribution in [0.1, 0.15) is 6.92 Å². The fourth-order valence-corrected chi connectivity index (χ4v) is 4.04. The Balaban J connectivity index is 1.39. The highest BCUT2D eigenvalue weighted by atomic mass is 19.1. The van der Waals surface area contributed by atoms with Gasteiger partial charge in [0.15, 0.2) is 0 Å². The van der Waals surface area contributed by atoms with E-state index in [9.17, 15) is 9.18 Å². The summed E-state index contributed by atoms with van der Waals surface area (Å²) in [5.41, 5.74) is 4.67. The number of aromatic nitrogens is 3. The van der Waals surface area contributed by atoms with Crippen LogP contribution in [-0.2, 0) is 9.53 Å². The minimum Gasteiger partial charge on any atom is -0.378 e. The van der Waals surface area contributed by atoms with Crippen LogP contribution in [0.15, 0.2) is 78.9 Å². The largest absolute Gasteiger partial charge is 0.378 e. The monoisotopic (exact) mass is 484 g/mol. The average Bonchev–Trinajstić information content (AvgIpc) is 2.89. The number of amides is 1. The summed E-state index contributed by atoms with van der Waals surface area (Å²) in [6, 6.07) is 17.3. The van der Waals surface area contributed by atoms with E-state index in [1.807, 2.05) is 30.3 Å². The number of morpholine rings is 1. The van der Waals surface area contributed by atoms with E-state index >= 15 is 0 Å². The maximum absolute atomic E-state index is 13.0. The second-order valence-corrected chi connectivity index (χ2v) is 8.36. The van der Waals surface area contributed by atoms with Crippen LogP contribution < -0.4 is 15.5 Å². The number of ether oxygens (including phenoxy) is 1. The fraction of sp³-hybridized carbons (Fsp3) is 0.185. The zero-order chi connectivity index (χ0) is 24.9. The number of benzene rings is 2. The molecule has 1 saturated heterocycles. The van der Waals surface area contributed by atoms with Crippen LogP contribution in [0.3, 0.4) is 0 Å². The quantitative estimate of drug-likeness (QED) is 0.369. The number of para-hydroxylation sites is 1. The third-order valence-electron chi connectivity index (χ3n) is 5.74. The van der Waals surface area contributed by atoms with Gasteiger partial charge >= 0.3 is 0 Å². The molecule has 5 rings (SSSR count). The number of rotatable bonds is 6. The highest BCUT2D eigenvalue weighted by Gasteiger charge is 2.12. The SMILES string of the molecule is C/C(F)=C/C(=O)Nc1ccnc(-c2cccc3cnc(Nc4ccc(N5CCOCC5)cc4)nc23)c1. The zero-order valence-corrected chi connectivity index (χ0v) is 19.7. The molecule has 2 N–H and O–H groups in total. The molecule has 1 amide bonds. The summed E-state index contributed by atoms with van der Waals surface area (Å²) in [6.07, 6.45) is 4.25. The number of allylic oxidation sites excluding steroid dienone is 1. The van der Waals surface area contributed by atoms with E-state index in [0.717, 1.165) is 60.2 Å². The number of hydrogen-bond donors (Lipinski definition) is 2. The molecule has 3 heterocycles. The molecule has 8 nitrogen and oxygen atoms in total. The number of fused-ring (bicyclic) bond motifs is 1. The van der Waals surface area contributed by atoms with E-state index in [1.54, 1.807) is 24.5 Å². The van der Waals surface area contributed by atoms with E-state index in [0.29, 0.717) is 17.3 Å². The van der Waals surface area contributed by atoms with Crippen molar-refractivity contribution in [3.63, 3.8) is 0 Å². The molecule has 182 valence electrons. The van der Waals surface area contributed by atoms with Crippen molar-refractivity contribution in [2.75, 3.05) is 41.8 Å². The molecule has 0 bridgehead atoms. The Kier molecular flexibility index (Phi) is 6.81. The molecule has 0 unspecified atom stereocenters. The smallest absolute Gasteiger partial charge is 0.250 e. The molecule has 0 saturated carbocycles. The molecule has 36 heavy (non-hydrogen) atoms. The molecule has 2 aromatic heterocycles. The molecule has 2 aromatic carbocycles. The molecule has 0 spiro atoms. The van der Waals surface area contributed by atoms with E-state index in [4.69, 9.17) is 9.72 Å². The molecule has 0 radical (unpaired) electrons. The van der Waals surface area contributed by atoms with Crippen molar-refractivity contribution in [2.24, 2.45) is 0 Å². The van der Waals surface area contributed by atoms with Crippen LogP contribution in [0, 0.1) is 0 Å². The van der Waals surface area contributed by atoms with Crippen LogP contribution in [0.4, 0.5) is 27.4 Å². The fourth-order valence-electron chi connectivity index (χ4n) is 4.04. The number of nitrogens with one attached hydrogen (secondary N) is 2. The van der Waals surface area contributed by atoms with Crippen LogP contribution in [0.5, 0.6) is 0 Å². The zero-order valence-electron chi connectivity index (χ0n) is 19.7. The van der Waals surface area contributed by atoms with Crippen molar-refractivity contribution in [1.82, 2.24) is 15.0 Å². The summed E-state index contributed by atoms with van der Waals surface area (Å²) in [5, 5.41) is 6.78. The lowest BCUT2D eigenvalue weighted by molar-refractivity contribution is -0.112. The van der Waals surface area contributed by atoms with Crippen LogP contribution in [0.2, 0.25) is 0 Å². The van der Waals surface area contributed by atoms with E-state index in [-0.39, 0.29) is 0 Å². The first-order valence-electron chi connectivity index (χ1n) is 11.6. The predicted octanol–water partition coefficient (Wildman–Crippen LogP) is 5.08. The minimum absolute atomic E-state index is 0.460. The molecule has 1 aliphatic rings. The molecular formula is C27H25FN6O2. The Bertz CT molecular complexity index is 1410. The molecule has 1 aliphatic heterocycles. The Morgan fingerprint density at radius 2 is 1.86 bits per heavy atom. The maximum atomic E-state index is 13.0. The van der Waals surface area contributed by atoms with Gasteiger partial charge in [-0.3, -0.25) is 9.78 Å². The molecule has 0 aliphatic carbocycles. The van der Waals surface area contributed by atoms with Gasteiger partial charge < -0.3 is 20.3 Å². The van der Waals surface area contributed by atoms with Crippen LogP contribution >= 0.6 is 0 Å². The molecule has 9 heteroatoms. The van der Waals surface area contributed by atoms with Gasteiger partial charge in [-0.25, -0.2) is 14.4 Å². The number of carbonyl (C=O) groups excluding carboxylic acids is 1. The van der Waals surface area contributed by atoms with Gasteiger partial charge in [-0.05, 0) is 43.3 Å². The number of carbonyl (C=O) groups is 1. The van der Waals surface area contributed by atoms with Gasteiger partial charge in [0.2, 0.25) is 5.95 Å². The Hall–Kier alpha value is -4.37. The van der Waals surface area contributed by atoms with Crippen LogP contribution in [0.25, 0.3) is 22.2 Å². The van der Waals surface area contributed by atoms with Crippen molar-refractivity contribution in [1.29, 1.82) is 0 Å². The van der Waals surface area contributed by atoms with Crippen molar-refractivity contribution in [3.05, 3.63) is 78.9 Å². The lowest BCUT2D eigenvalue weighted by Gasteiger charge is -2.28. The number of nitrogens with zero attached hydrogens (tertiary/aromatic N) is 4. The number of hydrogen-bond acceptors (Lipinski definition) is 7. The summed E-state index contributed by atoms with van der Waals surface area (Å²) >= 11 is 0. The Labute approximate surface area is 207 Å². The van der Waals surface area contributed by atoms with Gasteiger partial charge in [0.1, 0.15) is 5.83 Å². The first-order valence-corrected chi connectivity index (χ1v) is 11.6. The predicted molar refractivity (Wildman–Crippen MR) is 139 cm³/mol. The maximum Gasteiger partial charge on any atom is 0.250 e. The molecule has 1 fully saturated rings. The summed E-state index contributed by atoms with van der Waals surface area (Å²) in [6.45, 7) is 4.47. The second-order valence-electron chi connectivity index (χ2n) is 8.36. The van der Waals surface area contributed by atoms with Crippen molar-refractivity contribution >= 4 is 39.8 Å². The average molecular weight is 485 g/mol. The molecule has 0 atom stereocenters. The van der Waals surface area contributed by atoms with Crippen molar-refractivity contribution in [2.45, 2.75) is 6.92 Å². The van der Waals surface area contributed by atoms with Gasteiger partial charge in [0.25, 0.3) is 5.91 Å². The van der Waals surface area contributed by atoms with E-state index in [2.05, 4.69) is 37.6 Å². The normalized spacial score (nSPS) is 14.1. The van der Waals surface area contributed by atoms with Crippen LogP contribution in [-0.4, -0.2) is 47.2 Å². The van der Waals surface area contributed by atoms with E-state index in [1.165, 1.54) is 6.92 Å². The molecule has 4 aromatic rings. The van der Waals surface area contributed by atoms with Crippen molar-refractivity contribution in [3.8, 4) is 11.3 Å². The van der Waals surface area contributed by atoms with Gasteiger partial charge in [-0.2, -0.15) is 0 Å². The third kappa shape index (κ3) is 5.47. The van der Waals surface area contributed by atoms with Gasteiger partial charge in [0, 0.05) is 59.6 Å². The summed E-state index contributed by atoms with van der Waals surface area (Å²) < 4.78 is 18.5. The number of anilines is 4. The number of pyridine rings is 1. The highest BCUT2D eigenvalue weighted by molar-refractivity contribution is 6.00. The lowest BCUT2D eigenvalue weighted by atomic mass is 10.1. The lowest BCUT2D eigenvalue weighted by Crippen LogP contribution is -2.36. The Morgan fingerprint density at radius 1 is 1.06 bits per heavy atom. The first-order chi connectivity index (χ1) is 17.5. The van der Waals surface area contributed by atoms with Gasteiger partial charge in [0.05, 0.1) is 24.4 Å². The third-order valence-corrected chi connectivity index (χ3v) is 5.74. The van der Waals surface area contributed by atoms with Gasteiger partial charge in [-0.15, -0.1) is 0 Å². The van der Waals surface area contributed by atoms with Gasteiger partial charge in [-0.1, -0.05) is 18.2 Å². The summed E-state index contributed by atoms with van der Waals surface area (Å²) in [4.78, 5) is 27.9. The second kappa shape index (κ2) is 10.5. The standard InChI is InChI=1S/C27H25FN6O2/c1-18(28)15-25(35)31-21-9-10-29-24(16-21)23-4-2-3-19-17-30-27(33-26(19)23)32-20-5-7-22(8-6-20)34-11-13-36-14-12-34/h2-10,15-17H,11-14H2,1H3,(H,29,31,35)(H,30,32,33)/b18-15-. The topological polar surface area (TPSA) is 92.3 Å². The molecular weight excluding hydrogens is 459 g/mol. The Morgan fingerprint density at radius 3 is 2.64 bits per heavy atom. The highest BCUT2D eigenvalue weighted by Crippen LogP contribution is 2.29. The first kappa shape index (κ1) is 23.4.